The molecule has 0 saturated carbocycles. The van der Waals surface area contributed by atoms with Crippen LogP contribution >= 0.6 is 0 Å². The summed E-state index contributed by atoms with van der Waals surface area (Å²) in [5, 5.41) is 3.45. The van der Waals surface area contributed by atoms with E-state index < -0.39 is 29.4 Å². The average molecular weight is 430 g/mol. The molecule has 162 valence electrons. The van der Waals surface area contributed by atoms with Gasteiger partial charge in [0, 0.05) is 31.5 Å². The van der Waals surface area contributed by atoms with Gasteiger partial charge in [0.05, 0.1) is 17.0 Å². The number of nitrogens with two attached hydrogens (primary N) is 1. The highest BCUT2D eigenvalue weighted by Crippen LogP contribution is 2.51. The minimum absolute atomic E-state index is 0.00698. The Morgan fingerprint density at radius 2 is 2.03 bits per heavy atom. The van der Waals surface area contributed by atoms with E-state index in [0.717, 1.165) is 0 Å². The molecule has 4 unspecified atom stereocenters. The van der Waals surface area contributed by atoms with Crippen LogP contribution in [0.1, 0.15) is 25.3 Å². The van der Waals surface area contributed by atoms with Crippen LogP contribution in [-0.2, 0) is 20.7 Å². The molecule has 1 aromatic rings. The van der Waals surface area contributed by atoms with Gasteiger partial charge in [-0.25, -0.2) is 4.39 Å². The maximum Gasteiger partial charge on any atom is 0.265 e. The first-order valence-electron chi connectivity index (χ1n) is 10.4. The number of fused-ring (bicyclic) bond motifs is 3. The summed E-state index contributed by atoms with van der Waals surface area (Å²) in [6.45, 7) is 3.06. The third-order valence-corrected chi connectivity index (χ3v) is 6.97. The summed E-state index contributed by atoms with van der Waals surface area (Å²) in [5.74, 6) is -3.03. The standard InChI is InChI=1S/C21H20F2N4O4/c1-8-6-26(7-11(8)24)13-5-9-4-10-20(23)25-31-21(10)27-12-2-3-14(28)17(29)18(12)30-19(15(13)22)16(9)27/h5,8-9,11,16H,2-4,6-7,24H2,1H3. The smallest absolute Gasteiger partial charge is 0.265 e. The fourth-order valence-corrected chi connectivity index (χ4v) is 5.29. The third-order valence-electron chi connectivity index (χ3n) is 6.97. The number of hydrogen-bond donors (Lipinski definition) is 1. The Balaban J connectivity index is 1.54. The molecule has 5 aliphatic rings. The Morgan fingerprint density at radius 3 is 2.77 bits per heavy atom. The second-order valence-corrected chi connectivity index (χ2v) is 8.85. The van der Waals surface area contributed by atoms with Gasteiger partial charge in [-0.15, -0.1) is 0 Å². The molecule has 8 nitrogen and oxygen atoms in total. The van der Waals surface area contributed by atoms with Crippen molar-refractivity contribution in [2.45, 2.75) is 38.3 Å². The average Bonchev–Trinajstić information content (AvgIpc) is 3.28. The topological polar surface area (TPSA) is 102 Å². The molecule has 1 fully saturated rings. The Labute approximate surface area is 175 Å². The van der Waals surface area contributed by atoms with Crippen LogP contribution in [0.3, 0.4) is 0 Å². The fraction of sp³-hybridized carbons (Fsp3) is 0.476. The molecular weight excluding hydrogens is 410 g/mol. The van der Waals surface area contributed by atoms with Crippen molar-refractivity contribution in [3.63, 3.8) is 0 Å². The highest BCUT2D eigenvalue weighted by molar-refractivity contribution is 6.44. The molecule has 1 aromatic heterocycles. The SMILES string of the molecule is CC1CN(C2=CC3Cc4c(F)noc4N4C5=C(OC(=C2F)C34)C(=O)C(=O)CC5)CC1N. The molecule has 6 rings (SSSR count). The molecule has 31 heavy (non-hydrogen) atoms. The summed E-state index contributed by atoms with van der Waals surface area (Å²) in [4.78, 5) is 28.1. The fourth-order valence-electron chi connectivity index (χ4n) is 5.29. The van der Waals surface area contributed by atoms with Gasteiger partial charge in [-0.2, -0.15) is 4.39 Å². The summed E-state index contributed by atoms with van der Waals surface area (Å²) >= 11 is 0. The quantitative estimate of drug-likeness (QED) is 0.672. The number of halogens is 2. The van der Waals surface area contributed by atoms with Gasteiger partial charge in [-0.1, -0.05) is 13.0 Å². The van der Waals surface area contributed by atoms with Crippen LogP contribution < -0.4 is 10.6 Å². The van der Waals surface area contributed by atoms with Gasteiger partial charge in [-0.05, 0) is 23.9 Å². The number of hydrogen-bond acceptors (Lipinski definition) is 8. The number of nitrogens with zero attached hydrogens (tertiary/aromatic N) is 3. The third kappa shape index (κ3) is 2.45. The number of carbonyl (C=O) groups excluding carboxylic acids is 2. The van der Waals surface area contributed by atoms with E-state index in [9.17, 15) is 14.0 Å². The number of carbonyl (C=O) groups is 2. The van der Waals surface area contributed by atoms with Crippen molar-refractivity contribution in [1.29, 1.82) is 0 Å². The first-order valence-corrected chi connectivity index (χ1v) is 10.4. The van der Waals surface area contributed by atoms with Gasteiger partial charge in [0.25, 0.3) is 11.7 Å². The lowest BCUT2D eigenvalue weighted by Gasteiger charge is -2.47. The van der Waals surface area contributed by atoms with E-state index in [-0.39, 0.29) is 60.1 Å². The number of ketones is 2. The molecule has 0 amide bonds. The van der Waals surface area contributed by atoms with Crippen molar-refractivity contribution in [3.8, 4) is 0 Å². The van der Waals surface area contributed by atoms with Gasteiger partial charge >= 0.3 is 0 Å². The molecule has 0 bridgehead atoms. The zero-order valence-electron chi connectivity index (χ0n) is 16.7. The number of ether oxygens (including phenoxy) is 1. The zero-order chi connectivity index (χ0) is 21.6. The Hall–Kier alpha value is -3.01. The number of rotatable bonds is 1. The Morgan fingerprint density at radius 1 is 1.23 bits per heavy atom. The number of aromatic nitrogens is 1. The lowest BCUT2D eigenvalue weighted by molar-refractivity contribution is -0.137. The molecule has 3 aliphatic heterocycles. The maximum absolute atomic E-state index is 15.8. The van der Waals surface area contributed by atoms with E-state index in [0.29, 0.717) is 24.5 Å². The molecule has 2 N–H and O–H groups in total. The van der Waals surface area contributed by atoms with E-state index in [4.69, 9.17) is 15.0 Å². The van der Waals surface area contributed by atoms with Crippen molar-refractivity contribution in [1.82, 2.24) is 10.1 Å². The Kier molecular flexibility index (Phi) is 3.78. The number of likely N-dealkylation sites (tertiary alicyclic amines) is 1. The summed E-state index contributed by atoms with van der Waals surface area (Å²) in [7, 11) is 0. The zero-order valence-corrected chi connectivity index (χ0v) is 16.7. The van der Waals surface area contributed by atoms with Crippen LogP contribution in [0.15, 0.2) is 39.3 Å². The second kappa shape index (κ2) is 6.25. The largest absolute Gasteiger partial charge is 0.450 e. The van der Waals surface area contributed by atoms with Crippen LogP contribution in [0, 0.1) is 17.8 Å². The first kappa shape index (κ1) is 18.7. The van der Waals surface area contributed by atoms with Crippen molar-refractivity contribution in [2.75, 3.05) is 18.0 Å². The summed E-state index contributed by atoms with van der Waals surface area (Å²) in [6, 6.07) is -0.738. The normalized spacial score (nSPS) is 32.1. The maximum atomic E-state index is 15.8. The van der Waals surface area contributed by atoms with Crippen molar-refractivity contribution in [2.24, 2.45) is 17.6 Å². The monoisotopic (exact) mass is 430 g/mol. The predicted octanol–water partition coefficient (Wildman–Crippen LogP) is 1.69. The first-order chi connectivity index (χ1) is 14.8. The number of allylic oxidation sites excluding steroid dienone is 3. The molecule has 10 heteroatoms. The molecular formula is C21H20F2N4O4. The molecule has 4 heterocycles. The van der Waals surface area contributed by atoms with Crippen molar-refractivity contribution >= 4 is 17.5 Å². The van der Waals surface area contributed by atoms with Crippen LogP contribution in [0.25, 0.3) is 0 Å². The minimum atomic E-state index is -0.809. The lowest BCUT2D eigenvalue weighted by Crippen LogP contribution is -2.52. The highest BCUT2D eigenvalue weighted by Gasteiger charge is 2.53. The molecule has 4 atom stereocenters. The van der Waals surface area contributed by atoms with E-state index in [1.165, 1.54) is 0 Å². The summed E-state index contributed by atoms with van der Waals surface area (Å²) in [6.07, 6.45) is 2.27. The van der Waals surface area contributed by atoms with E-state index in [1.54, 1.807) is 11.0 Å². The van der Waals surface area contributed by atoms with Gasteiger partial charge in [0.15, 0.2) is 17.3 Å². The van der Waals surface area contributed by atoms with E-state index >= 15 is 4.39 Å². The van der Waals surface area contributed by atoms with Crippen LogP contribution in [0.4, 0.5) is 14.7 Å². The predicted molar refractivity (Wildman–Crippen MR) is 102 cm³/mol. The molecule has 2 aliphatic carbocycles. The minimum Gasteiger partial charge on any atom is -0.450 e. The second-order valence-electron chi connectivity index (χ2n) is 8.85. The van der Waals surface area contributed by atoms with Crippen LogP contribution in [0.5, 0.6) is 0 Å². The lowest BCUT2D eigenvalue weighted by atomic mass is 9.80. The van der Waals surface area contributed by atoms with Gasteiger partial charge in [-0.3, -0.25) is 14.5 Å². The van der Waals surface area contributed by atoms with Gasteiger partial charge in [0.1, 0.15) is 6.04 Å². The van der Waals surface area contributed by atoms with Crippen LogP contribution in [-0.4, -0.2) is 46.8 Å². The molecule has 0 aromatic carbocycles. The van der Waals surface area contributed by atoms with Crippen molar-refractivity contribution < 1.29 is 27.6 Å². The summed E-state index contributed by atoms with van der Waals surface area (Å²) < 4.78 is 41.3. The van der Waals surface area contributed by atoms with Crippen molar-refractivity contribution in [3.05, 3.63) is 46.3 Å². The molecule has 1 saturated heterocycles. The molecule has 0 spiro atoms. The van der Waals surface area contributed by atoms with E-state index in [1.807, 2.05) is 11.8 Å². The number of anilines is 1. The molecule has 0 radical (unpaired) electrons. The van der Waals surface area contributed by atoms with Crippen LogP contribution in [0.2, 0.25) is 0 Å². The summed E-state index contributed by atoms with van der Waals surface area (Å²) in [5.41, 5.74) is 7.14. The van der Waals surface area contributed by atoms with Gasteiger partial charge in [0.2, 0.25) is 11.7 Å². The van der Waals surface area contributed by atoms with Gasteiger partial charge < -0.3 is 19.9 Å². The Bertz CT molecular complexity index is 1130. The number of Topliss-reactive ketones (excluding diaryl/α,β-unsaturated/α-hetero) is 2. The van der Waals surface area contributed by atoms with E-state index in [2.05, 4.69) is 5.16 Å². The highest BCUT2D eigenvalue weighted by atomic mass is 19.1.